The van der Waals surface area contributed by atoms with Crippen LogP contribution in [-0.2, 0) is 0 Å². The van der Waals surface area contributed by atoms with E-state index >= 15 is 0 Å². The van der Waals surface area contributed by atoms with Crippen LogP contribution in [0.2, 0.25) is 0 Å². The topological polar surface area (TPSA) is 94.5 Å². The van der Waals surface area contributed by atoms with Gasteiger partial charge in [0.2, 0.25) is 17.2 Å². The van der Waals surface area contributed by atoms with Crippen LogP contribution < -0.4 is 18.9 Å². The van der Waals surface area contributed by atoms with E-state index in [-0.39, 0.29) is 28.6 Å². The second-order valence-corrected chi connectivity index (χ2v) is 11.0. The first-order valence-electron chi connectivity index (χ1n) is 16.7. The Morgan fingerprint density at radius 1 is 0.463 bits per heavy atom. The summed E-state index contributed by atoms with van der Waals surface area (Å²) in [5, 5.41) is 21.4. The van der Waals surface area contributed by atoms with E-state index in [2.05, 4.69) is 27.7 Å². The fourth-order valence-corrected chi connectivity index (χ4v) is 4.72. The van der Waals surface area contributed by atoms with Crippen molar-refractivity contribution in [3.8, 4) is 28.7 Å². The quantitative estimate of drug-likeness (QED) is 0.0952. The summed E-state index contributed by atoms with van der Waals surface area (Å²) in [6.45, 7) is 10.2. The second kappa shape index (κ2) is 24.3. The highest BCUT2D eigenvalue weighted by Gasteiger charge is 2.32. The minimum absolute atomic E-state index is 0.0402. The van der Waals surface area contributed by atoms with E-state index in [0.717, 1.165) is 109 Å². The van der Waals surface area contributed by atoms with Gasteiger partial charge in [0.25, 0.3) is 0 Å². The third kappa shape index (κ3) is 14.9. The van der Waals surface area contributed by atoms with Gasteiger partial charge in [-0.3, -0.25) is 0 Å². The summed E-state index contributed by atoms with van der Waals surface area (Å²) in [6, 6.07) is 0. The largest absolute Gasteiger partial charge is 0.503 e. The van der Waals surface area contributed by atoms with Crippen LogP contribution >= 0.6 is 0 Å². The van der Waals surface area contributed by atoms with Crippen LogP contribution in [0.4, 0.5) is 0 Å². The SMILES string of the molecule is CCCCCCCOc1c(OCCCCCC)c(O)c(C(=O)O)c(OCCCCCCC)c1OCCCCCCC. The van der Waals surface area contributed by atoms with E-state index in [9.17, 15) is 15.0 Å². The van der Waals surface area contributed by atoms with Gasteiger partial charge >= 0.3 is 5.97 Å². The number of unbranched alkanes of at least 4 members (excludes halogenated alkanes) is 15. The fraction of sp³-hybridized carbons (Fsp3) is 0.794. The number of rotatable bonds is 28. The van der Waals surface area contributed by atoms with Gasteiger partial charge in [-0.15, -0.1) is 0 Å². The lowest BCUT2D eigenvalue weighted by Gasteiger charge is -2.23. The van der Waals surface area contributed by atoms with E-state index in [4.69, 9.17) is 18.9 Å². The van der Waals surface area contributed by atoms with Gasteiger partial charge in [0.1, 0.15) is 0 Å². The predicted octanol–water partition coefficient (Wildman–Crippen LogP) is 10.1. The van der Waals surface area contributed by atoms with Crippen LogP contribution in [0, 0.1) is 0 Å². The standard InChI is InChI=1S/C34H60O7/c1-5-9-13-17-21-24-38-30-28(34(36)37)29(35)31(39-25-20-16-12-8-4)33(41-27-23-19-15-11-7-3)32(30)40-26-22-18-14-10-6-2/h35H,5-27H2,1-4H3,(H,36,37). The number of hydrogen-bond acceptors (Lipinski definition) is 6. The van der Waals surface area contributed by atoms with Crippen LogP contribution in [-0.4, -0.2) is 42.6 Å². The van der Waals surface area contributed by atoms with Gasteiger partial charge in [0, 0.05) is 0 Å². The number of carboxylic acids is 1. The number of carbonyl (C=O) groups is 1. The van der Waals surface area contributed by atoms with Crippen molar-refractivity contribution in [3.63, 3.8) is 0 Å². The van der Waals surface area contributed by atoms with Gasteiger partial charge in [0.15, 0.2) is 17.1 Å². The molecule has 0 fully saturated rings. The Kier molecular flexibility index (Phi) is 21.8. The molecule has 0 aliphatic rings. The molecule has 1 rings (SSSR count). The smallest absolute Gasteiger partial charge is 0.343 e. The van der Waals surface area contributed by atoms with Crippen LogP contribution in [0.5, 0.6) is 28.7 Å². The second-order valence-electron chi connectivity index (χ2n) is 11.0. The van der Waals surface area contributed by atoms with E-state index in [1.165, 1.54) is 12.8 Å². The molecule has 0 aliphatic carbocycles. The molecule has 7 heteroatoms. The lowest BCUT2D eigenvalue weighted by molar-refractivity contribution is 0.0685. The van der Waals surface area contributed by atoms with Gasteiger partial charge in [0.05, 0.1) is 26.4 Å². The van der Waals surface area contributed by atoms with Gasteiger partial charge in [-0.25, -0.2) is 4.79 Å². The van der Waals surface area contributed by atoms with Crippen molar-refractivity contribution in [2.75, 3.05) is 26.4 Å². The number of aromatic hydroxyl groups is 1. The molecule has 0 heterocycles. The molecular formula is C34H60O7. The average Bonchev–Trinajstić information content (AvgIpc) is 2.96. The minimum atomic E-state index is -1.28. The zero-order chi connectivity index (χ0) is 30.1. The first kappa shape index (κ1) is 36.7. The van der Waals surface area contributed by atoms with E-state index in [0.29, 0.717) is 26.4 Å². The van der Waals surface area contributed by atoms with Crippen molar-refractivity contribution in [3.05, 3.63) is 5.56 Å². The molecule has 0 unspecified atom stereocenters. The lowest BCUT2D eigenvalue weighted by atomic mass is 10.1. The van der Waals surface area contributed by atoms with Crippen LogP contribution in [0.15, 0.2) is 0 Å². The van der Waals surface area contributed by atoms with E-state index in [1.54, 1.807) is 0 Å². The summed E-state index contributed by atoms with van der Waals surface area (Å²) >= 11 is 0. The van der Waals surface area contributed by atoms with Gasteiger partial charge in [-0.05, 0) is 25.7 Å². The minimum Gasteiger partial charge on any atom is -0.503 e. The number of ether oxygens (including phenoxy) is 4. The predicted molar refractivity (Wildman–Crippen MR) is 167 cm³/mol. The van der Waals surface area contributed by atoms with Gasteiger partial charge in [-0.1, -0.05) is 124 Å². The molecule has 0 saturated carbocycles. The maximum absolute atomic E-state index is 12.5. The number of benzene rings is 1. The molecule has 0 atom stereocenters. The van der Waals surface area contributed by atoms with Crippen LogP contribution in [0.1, 0.15) is 160 Å². The third-order valence-corrected chi connectivity index (χ3v) is 7.24. The molecule has 1 aromatic rings. The zero-order valence-corrected chi connectivity index (χ0v) is 26.7. The molecule has 0 spiro atoms. The Hall–Kier alpha value is -2.31. The number of aromatic carboxylic acids is 1. The molecule has 0 saturated heterocycles. The maximum Gasteiger partial charge on any atom is 0.343 e. The highest BCUT2D eigenvalue weighted by atomic mass is 16.6. The van der Waals surface area contributed by atoms with Crippen LogP contribution in [0.25, 0.3) is 0 Å². The van der Waals surface area contributed by atoms with Crippen molar-refractivity contribution in [1.29, 1.82) is 0 Å². The summed E-state index contributed by atoms with van der Waals surface area (Å²) in [5.74, 6) is -1.15. The van der Waals surface area contributed by atoms with Crippen molar-refractivity contribution in [2.45, 2.75) is 150 Å². The van der Waals surface area contributed by atoms with E-state index in [1.807, 2.05) is 0 Å². The lowest BCUT2D eigenvalue weighted by Crippen LogP contribution is -2.13. The molecule has 0 aromatic heterocycles. The summed E-state index contributed by atoms with van der Waals surface area (Å²) in [7, 11) is 0. The molecule has 0 amide bonds. The Balaban J connectivity index is 3.35. The van der Waals surface area contributed by atoms with Gasteiger partial charge in [-0.2, -0.15) is 0 Å². The highest BCUT2D eigenvalue weighted by Crippen LogP contribution is 2.53. The Morgan fingerprint density at radius 3 is 1.12 bits per heavy atom. The molecule has 0 bridgehead atoms. The molecular weight excluding hydrogens is 520 g/mol. The highest BCUT2D eigenvalue weighted by molar-refractivity contribution is 5.97. The van der Waals surface area contributed by atoms with Crippen molar-refractivity contribution >= 4 is 5.97 Å². The maximum atomic E-state index is 12.5. The zero-order valence-electron chi connectivity index (χ0n) is 26.7. The molecule has 41 heavy (non-hydrogen) atoms. The number of hydrogen-bond donors (Lipinski definition) is 2. The van der Waals surface area contributed by atoms with Crippen LogP contribution in [0.3, 0.4) is 0 Å². The third-order valence-electron chi connectivity index (χ3n) is 7.24. The molecule has 1 aromatic carbocycles. The fourth-order valence-electron chi connectivity index (χ4n) is 4.72. The van der Waals surface area contributed by atoms with Crippen molar-refractivity contribution in [2.24, 2.45) is 0 Å². The average molecular weight is 581 g/mol. The molecule has 238 valence electrons. The summed E-state index contributed by atoms with van der Waals surface area (Å²) in [6.07, 6.45) is 19.9. The molecule has 2 N–H and O–H groups in total. The number of carboxylic acid groups (broad SMARTS) is 1. The van der Waals surface area contributed by atoms with Crippen molar-refractivity contribution in [1.82, 2.24) is 0 Å². The summed E-state index contributed by atoms with van der Waals surface area (Å²) in [5.41, 5.74) is -0.321. The first-order chi connectivity index (χ1) is 20.0. The number of phenols is 1. The van der Waals surface area contributed by atoms with E-state index < -0.39 is 11.7 Å². The molecule has 0 radical (unpaired) electrons. The first-order valence-corrected chi connectivity index (χ1v) is 16.7. The van der Waals surface area contributed by atoms with Crippen molar-refractivity contribution < 1.29 is 34.0 Å². The Bertz CT molecular complexity index is 809. The summed E-state index contributed by atoms with van der Waals surface area (Å²) in [4.78, 5) is 12.5. The molecule has 0 aliphatic heterocycles. The molecule has 7 nitrogen and oxygen atoms in total. The monoisotopic (exact) mass is 580 g/mol. The Morgan fingerprint density at radius 2 is 0.756 bits per heavy atom. The normalized spacial score (nSPS) is 11.0. The summed E-state index contributed by atoms with van der Waals surface area (Å²) < 4.78 is 24.7. The Labute approximate surface area is 250 Å². The van der Waals surface area contributed by atoms with Gasteiger partial charge < -0.3 is 29.2 Å².